The lowest BCUT2D eigenvalue weighted by atomic mass is 10.0. The molecule has 1 unspecified atom stereocenters. The van der Waals surface area contributed by atoms with Crippen molar-refractivity contribution in [2.24, 2.45) is 0 Å². The number of hydrogen-bond acceptors (Lipinski definition) is 2. The highest BCUT2D eigenvalue weighted by Crippen LogP contribution is 2.31. The van der Waals surface area contributed by atoms with Gasteiger partial charge in [0.2, 0.25) is 0 Å². The molecule has 1 heterocycles. The van der Waals surface area contributed by atoms with Crippen LogP contribution in [0.5, 0.6) is 0 Å². The fourth-order valence-corrected chi connectivity index (χ4v) is 2.34. The molecule has 3 nitrogen and oxygen atoms in total. The topological polar surface area (TPSA) is 29.9 Å². The minimum atomic E-state index is -4.31. The summed E-state index contributed by atoms with van der Waals surface area (Å²) < 4.78 is 39.7. The highest BCUT2D eigenvalue weighted by Gasteiger charge is 2.30. The Morgan fingerprint density at radius 3 is 2.38 bits per heavy atom. The molecule has 114 valence electrons. The van der Waals surface area contributed by atoms with Crippen LogP contribution in [-0.2, 0) is 12.7 Å². The molecule has 0 saturated heterocycles. The molecular formula is C15H18F3N3. The lowest BCUT2D eigenvalue weighted by Gasteiger charge is -2.19. The van der Waals surface area contributed by atoms with Crippen LogP contribution >= 0.6 is 0 Å². The zero-order valence-corrected chi connectivity index (χ0v) is 12.0. The van der Waals surface area contributed by atoms with E-state index in [0.717, 1.165) is 36.4 Å². The number of nitrogens with zero attached hydrogens (tertiary/aromatic N) is 2. The number of halogens is 3. The summed E-state index contributed by atoms with van der Waals surface area (Å²) in [6, 6.07) is 6.94. The summed E-state index contributed by atoms with van der Waals surface area (Å²) in [5.74, 6) is 0. The van der Waals surface area contributed by atoms with E-state index in [-0.39, 0.29) is 6.04 Å². The monoisotopic (exact) mass is 297 g/mol. The maximum Gasteiger partial charge on any atom is 0.416 e. The maximum atomic E-state index is 12.6. The first-order valence-corrected chi connectivity index (χ1v) is 6.83. The molecule has 0 spiro atoms. The molecule has 0 amide bonds. The maximum absolute atomic E-state index is 12.6. The number of aromatic nitrogens is 2. The first-order valence-electron chi connectivity index (χ1n) is 6.83. The molecule has 21 heavy (non-hydrogen) atoms. The summed E-state index contributed by atoms with van der Waals surface area (Å²) in [5, 5.41) is 7.39. The molecule has 0 fully saturated rings. The molecule has 0 aliphatic rings. The number of alkyl halides is 3. The van der Waals surface area contributed by atoms with Crippen LogP contribution in [0.1, 0.15) is 36.2 Å². The summed E-state index contributed by atoms with van der Waals surface area (Å²) in [5.41, 5.74) is 1.09. The molecule has 0 radical (unpaired) electrons. The Bertz CT molecular complexity index is 573. The Kier molecular flexibility index (Phi) is 4.67. The third kappa shape index (κ3) is 3.44. The number of benzene rings is 1. The van der Waals surface area contributed by atoms with Crippen LogP contribution in [0.4, 0.5) is 13.2 Å². The van der Waals surface area contributed by atoms with E-state index in [4.69, 9.17) is 0 Å². The SMILES string of the molecule is CCCn1nccc1C(NC)c1ccc(C(F)(F)F)cc1. The summed E-state index contributed by atoms with van der Waals surface area (Å²) in [4.78, 5) is 0. The van der Waals surface area contributed by atoms with Crippen LogP contribution in [0.2, 0.25) is 0 Å². The molecule has 2 aromatic rings. The van der Waals surface area contributed by atoms with Gasteiger partial charge in [-0.25, -0.2) is 0 Å². The average molecular weight is 297 g/mol. The van der Waals surface area contributed by atoms with E-state index < -0.39 is 11.7 Å². The van der Waals surface area contributed by atoms with Crippen LogP contribution in [0.15, 0.2) is 36.5 Å². The predicted molar refractivity (Wildman–Crippen MR) is 74.9 cm³/mol. The Morgan fingerprint density at radius 1 is 1.19 bits per heavy atom. The quantitative estimate of drug-likeness (QED) is 0.913. The van der Waals surface area contributed by atoms with Crippen molar-refractivity contribution in [3.05, 3.63) is 53.3 Å². The number of rotatable bonds is 5. The minimum Gasteiger partial charge on any atom is -0.308 e. The van der Waals surface area contributed by atoms with Gasteiger partial charge in [-0.1, -0.05) is 19.1 Å². The van der Waals surface area contributed by atoms with Crippen LogP contribution in [0.3, 0.4) is 0 Å². The van der Waals surface area contributed by atoms with E-state index in [1.54, 1.807) is 13.2 Å². The van der Waals surface area contributed by atoms with Crippen molar-refractivity contribution in [1.29, 1.82) is 0 Å². The van der Waals surface area contributed by atoms with Crippen molar-refractivity contribution in [1.82, 2.24) is 15.1 Å². The van der Waals surface area contributed by atoms with Crippen molar-refractivity contribution >= 4 is 0 Å². The van der Waals surface area contributed by atoms with E-state index in [2.05, 4.69) is 17.3 Å². The first kappa shape index (κ1) is 15.6. The van der Waals surface area contributed by atoms with Gasteiger partial charge in [0.25, 0.3) is 0 Å². The largest absolute Gasteiger partial charge is 0.416 e. The molecule has 1 aromatic heterocycles. The summed E-state index contributed by atoms with van der Waals surface area (Å²) in [6.07, 6.45) is -1.66. The van der Waals surface area contributed by atoms with Crippen LogP contribution in [-0.4, -0.2) is 16.8 Å². The van der Waals surface area contributed by atoms with Gasteiger partial charge in [-0.3, -0.25) is 4.68 Å². The fraction of sp³-hybridized carbons (Fsp3) is 0.400. The first-order chi connectivity index (χ1) is 9.97. The average Bonchev–Trinajstić information content (AvgIpc) is 2.88. The zero-order chi connectivity index (χ0) is 15.5. The van der Waals surface area contributed by atoms with Crippen molar-refractivity contribution in [2.75, 3.05) is 7.05 Å². The van der Waals surface area contributed by atoms with E-state index >= 15 is 0 Å². The molecule has 1 aromatic carbocycles. The molecule has 0 saturated carbocycles. The van der Waals surface area contributed by atoms with E-state index in [9.17, 15) is 13.2 Å². The van der Waals surface area contributed by atoms with Crippen LogP contribution in [0, 0.1) is 0 Å². The van der Waals surface area contributed by atoms with Crippen LogP contribution < -0.4 is 5.32 Å². The standard InChI is InChI=1S/C15H18F3N3/c1-3-10-21-13(8-9-20-21)14(19-2)11-4-6-12(7-5-11)15(16,17)18/h4-9,14,19H,3,10H2,1-2H3. The molecule has 2 rings (SSSR count). The Morgan fingerprint density at radius 2 is 1.86 bits per heavy atom. The van der Waals surface area contributed by atoms with Gasteiger partial charge in [-0.05, 0) is 37.2 Å². The second kappa shape index (κ2) is 6.30. The molecule has 6 heteroatoms. The highest BCUT2D eigenvalue weighted by molar-refractivity contribution is 5.31. The van der Waals surface area contributed by atoms with Gasteiger partial charge in [0.15, 0.2) is 0 Å². The molecule has 0 aliphatic carbocycles. The van der Waals surface area contributed by atoms with Gasteiger partial charge < -0.3 is 5.32 Å². The summed E-state index contributed by atoms with van der Waals surface area (Å²) >= 11 is 0. The van der Waals surface area contributed by atoms with E-state index in [1.807, 2.05) is 10.7 Å². The van der Waals surface area contributed by atoms with Crippen molar-refractivity contribution in [3.8, 4) is 0 Å². The van der Waals surface area contributed by atoms with Gasteiger partial charge in [0, 0.05) is 12.7 Å². The Hall–Kier alpha value is -1.82. The van der Waals surface area contributed by atoms with Crippen molar-refractivity contribution < 1.29 is 13.2 Å². The summed E-state index contributed by atoms with van der Waals surface area (Å²) in [6.45, 7) is 2.83. The Labute approximate surface area is 121 Å². The van der Waals surface area contributed by atoms with Gasteiger partial charge in [-0.2, -0.15) is 18.3 Å². The molecule has 0 bridgehead atoms. The van der Waals surface area contributed by atoms with Crippen molar-refractivity contribution in [3.63, 3.8) is 0 Å². The predicted octanol–water partition coefficient (Wildman–Crippen LogP) is 3.62. The van der Waals surface area contributed by atoms with Crippen LogP contribution in [0.25, 0.3) is 0 Å². The zero-order valence-electron chi connectivity index (χ0n) is 12.0. The summed E-state index contributed by atoms with van der Waals surface area (Å²) in [7, 11) is 1.78. The van der Waals surface area contributed by atoms with Gasteiger partial charge in [0.1, 0.15) is 0 Å². The van der Waals surface area contributed by atoms with E-state index in [0.29, 0.717) is 0 Å². The molecule has 1 atom stereocenters. The number of hydrogen-bond donors (Lipinski definition) is 1. The van der Waals surface area contributed by atoms with Gasteiger partial charge in [-0.15, -0.1) is 0 Å². The molecular weight excluding hydrogens is 279 g/mol. The second-order valence-corrected chi connectivity index (χ2v) is 4.82. The molecule has 0 aliphatic heterocycles. The third-order valence-electron chi connectivity index (χ3n) is 3.34. The third-order valence-corrected chi connectivity index (χ3v) is 3.34. The van der Waals surface area contributed by atoms with Gasteiger partial charge >= 0.3 is 6.18 Å². The minimum absolute atomic E-state index is 0.179. The molecule has 1 N–H and O–H groups in total. The highest BCUT2D eigenvalue weighted by atomic mass is 19.4. The number of nitrogens with one attached hydrogen (secondary N) is 1. The lowest BCUT2D eigenvalue weighted by molar-refractivity contribution is -0.137. The number of aryl methyl sites for hydroxylation is 1. The Balaban J connectivity index is 2.31. The fourth-order valence-electron chi connectivity index (χ4n) is 2.34. The normalized spacial score (nSPS) is 13.4. The lowest BCUT2D eigenvalue weighted by Crippen LogP contribution is -2.21. The van der Waals surface area contributed by atoms with Gasteiger partial charge in [0.05, 0.1) is 17.3 Å². The van der Waals surface area contributed by atoms with Crippen molar-refractivity contribution in [2.45, 2.75) is 32.1 Å². The second-order valence-electron chi connectivity index (χ2n) is 4.82. The smallest absolute Gasteiger partial charge is 0.308 e. The van der Waals surface area contributed by atoms with E-state index in [1.165, 1.54) is 12.1 Å².